The van der Waals surface area contributed by atoms with Crippen LogP contribution < -0.4 is 0 Å². The van der Waals surface area contributed by atoms with Crippen LogP contribution in [-0.4, -0.2) is 19.5 Å². The van der Waals surface area contributed by atoms with E-state index in [0.29, 0.717) is 12.0 Å². The van der Waals surface area contributed by atoms with Gasteiger partial charge >= 0.3 is 0 Å². The third-order valence-corrected chi connectivity index (χ3v) is 3.38. The van der Waals surface area contributed by atoms with E-state index in [4.69, 9.17) is 0 Å². The van der Waals surface area contributed by atoms with E-state index in [1.54, 1.807) is 37.3 Å². The van der Waals surface area contributed by atoms with Crippen molar-refractivity contribution in [3.05, 3.63) is 35.9 Å². The van der Waals surface area contributed by atoms with Crippen LogP contribution in [0.1, 0.15) is 18.9 Å². The molecule has 1 aromatic carbocycles. The first-order valence-electron chi connectivity index (χ1n) is 4.76. The molecule has 0 radical (unpaired) electrons. The molecule has 0 spiro atoms. The molecule has 0 fully saturated rings. The monoisotopic (exact) mass is 231 g/mol. The predicted octanol–water partition coefficient (Wildman–Crippen LogP) is 2.11. The summed E-state index contributed by atoms with van der Waals surface area (Å²) < 4.78 is 35.9. The first-order valence-corrected chi connectivity index (χ1v) is 6.37. The molecule has 0 saturated heterocycles. The van der Waals surface area contributed by atoms with Gasteiger partial charge in [0.05, 0.1) is 5.75 Å². The Hall–Kier alpha value is -0.940. The smallest absolute Gasteiger partial charge is 0.210 e. The molecule has 0 bridgehead atoms. The standard InChI is InChI=1S/C10H14FNO2S/c1-2-8-12(11)15(13,14)9-10-6-4-3-5-7-10/h3-7H,2,8-9H2,1H3. The molecule has 0 aromatic heterocycles. The number of sulfonamides is 1. The van der Waals surface area contributed by atoms with Crippen LogP contribution in [0.2, 0.25) is 0 Å². The number of rotatable bonds is 5. The molecule has 0 amide bonds. The van der Waals surface area contributed by atoms with Crippen molar-refractivity contribution in [1.29, 1.82) is 0 Å². The van der Waals surface area contributed by atoms with E-state index < -0.39 is 10.0 Å². The average Bonchev–Trinajstić information content (AvgIpc) is 2.19. The molecule has 1 rings (SSSR count). The van der Waals surface area contributed by atoms with Crippen LogP contribution in [0.25, 0.3) is 0 Å². The minimum atomic E-state index is -3.81. The fraction of sp³-hybridized carbons (Fsp3) is 0.400. The molecule has 3 nitrogen and oxygen atoms in total. The fourth-order valence-electron chi connectivity index (χ4n) is 1.17. The summed E-state index contributed by atoms with van der Waals surface area (Å²) in [5.74, 6) is -0.287. The Morgan fingerprint density at radius 2 is 1.87 bits per heavy atom. The van der Waals surface area contributed by atoms with E-state index in [1.165, 1.54) is 0 Å². The second kappa shape index (κ2) is 5.23. The zero-order chi connectivity index (χ0) is 11.3. The van der Waals surface area contributed by atoms with Gasteiger partial charge in [-0.25, -0.2) is 8.42 Å². The minimum Gasteiger partial charge on any atom is -0.210 e. The summed E-state index contributed by atoms with van der Waals surface area (Å²) in [5, 5.41) is 0. The Kier molecular flexibility index (Phi) is 4.23. The largest absolute Gasteiger partial charge is 0.244 e. The maximum absolute atomic E-state index is 13.1. The van der Waals surface area contributed by atoms with Crippen molar-refractivity contribution < 1.29 is 12.9 Å². The fourth-order valence-corrected chi connectivity index (χ4v) is 2.38. The summed E-state index contributed by atoms with van der Waals surface area (Å²) in [7, 11) is -3.81. The zero-order valence-electron chi connectivity index (χ0n) is 8.56. The lowest BCUT2D eigenvalue weighted by atomic mass is 10.2. The van der Waals surface area contributed by atoms with Crippen molar-refractivity contribution in [1.82, 2.24) is 4.53 Å². The number of hydrogen-bond acceptors (Lipinski definition) is 2. The molecule has 0 aliphatic carbocycles. The lowest BCUT2D eigenvalue weighted by molar-refractivity contribution is 0.139. The van der Waals surface area contributed by atoms with Gasteiger partial charge in [0.2, 0.25) is 10.0 Å². The van der Waals surface area contributed by atoms with Crippen LogP contribution in [0.5, 0.6) is 0 Å². The summed E-state index contributed by atoms with van der Waals surface area (Å²) in [4.78, 5) is 0. The van der Waals surface area contributed by atoms with E-state index in [2.05, 4.69) is 0 Å². The molecular formula is C10H14FNO2S. The van der Waals surface area contributed by atoms with Gasteiger partial charge in [-0.3, -0.25) is 0 Å². The number of nitrogens with zero attached hydrogens (tertiary/aromatic N) is 1. The van der Waals surface area contributed by atoms with Gasteiger partial charge in [0.1, 0.15) is 0 Å². The van der Waals surface area contributed by atoms with Gasteiger partial charge in [-0.1, -0.05) is 37.3 Å². The van der Waals surface area contributed by atoms with Crippen LogP contribution in [0.4, 0.5) is 4.48 Å². The lowest BCUT2D eigenvalue weighted by Crippen LogP contribution is -2.25. The van der Waals surface area contributed by atoms with Gasteiger partial charge in [0.25, 0.3) is 0 Å². The average molecular weight is 231 g/mol. The minimum absolute atomic E-state index is 0.0833. The normalized spacial score (nSPS) is 11.9. The summed E-state index contributed by atoms with van der Waals surface area (Å²) in [5.41, 5.74) is 0.594. The van der Waals surface area contributed by atoms with Gasteiger partial charge < -0.3 is 0 Å². The van der Waals surface area contributed by atoms with Crippen LogP contribution >= 0.6 is 0 Å². The second-order valence-electron chi connectivity index (χ2n) is 3.25. The number of hydrogen-bond donors (Lipinski definition) is 0. The molecule has 0 saturated carbocycles. The van der Waals surface area contributed by atoms with E-state index in [1.807, 2.05) is 0 Å². The predicted molar refractivity (Wildman–Crippen MR) is 57.2 cm³/mol. The Balaban J connectivity index is 2.73. The molecule has 0 aliphatic heterocycles. The van der Waals surface area contributed by atoms with Crippen LogP contribution in [0, 0.1) is 0 Å². The maximum atomic E-state index is 13.1. The Morgan fingerprint density at radius 1 is 1.27 bits per heavy atom. The van der Waals surface area contributed by atoms with E-state index in [0.717, 1.165) is 0 Å². The summed E-state index contributed by atoms with van der Waals surface area (Å²) in [6, 6.07) is 8.57. The third-order valence-electron chi connectivity index (χ3n) is 1.89. The van der Waals surface area contributed by atoms with Crippen LogP contribution in [0.15, 0.2) is 30.3 Å². The van der Waals surface area contributed by atoms with Crippen LogP contribution in [-0.2, 0) is 15.8 Å². The molecule has 0 heterocycles. The van der Waals surface area contributed by atoms with Crippen molar-refractivity contribution in [3.63, 3.8) is 0 Å². The molecule has 0 atom stereocenters. The SMILES string of the molecule is CCCN(F)S(=O)(=O)Cc1ccccc1. The van der Waals surface area contributed by atoms with Gasteiger partial charge in [0, 0.05) is 6.54 Å². The van der Waals surface area contributed by atoms with Crippen molar-refractivity contribution in [2.45, 2.75) is 19.1 Å². The molecule has 0 unspecified atom stereocenters. The molecule has 0 N–H and O–H groups in total. The van der Waals surface area contributed by atoms with Crippen molar-refractivity contribution in [2.24, 2.45) is 0 Å². The lowest BCUT2D eigenvalue weighted by Gasteiger charge is -2.11. The highest BCUT2D eigenvalue weighted by atomic mass is 32.2. The quantitative estimate of drug-likeness (QED) is 0.728. The Labute approximate surface area is 89.5 Å². The highest BCUT2D eigenvalue weighted by molar-refractivity contribution is 7.88. The molecule has 1 aromatic rings. The van der Waals surface area contributed by atoms with Gasteiger partial charge in [-0.2, -0.15) is 0 Å². The van der Waals surface area contributed by atoms with Crippen molar-refractivity contribution in [2.75, 3.05) is 6.54 Å². The van der Waals surface area contributed by atoms with Gasteiger partial charge in [-0.15, -0.1) is 4.48 Å². The summed E-state index contributed by atoms with van der Waals surface area (Å²) >= 11 is 0. The zero-order valence-corrected chi connectivity index (χ0v) is 9.37. The molecule has 0 aliphatic rings. The molecule has 5 heteroatoms. The highest BCUT2D eigenvalue weighted by Gasteiger charge is 2.21. The van der Waals surface area contributed by atoms with E-state index >= 15 is 0 Å². The van der Waals surface area contributed by atoms with Crippen molar-refractivity contribution in [3.8, 4) is 0 Å². The first kappa shape index (κ1) is 12.1. The maximum Gasteiger partial charge on any atom is 0.244 e. The molecular weight excluding hydrogens is 217 g/mol. The summed E-state index contributed by atoms with van der Waals surface area (Å²) in [6.07, 6.45) is 0.463. The van der Waals surface area contributed by atoms with E-state index in [9.17, 15) is 12.9 Å². The Morgan fingerprint density at radius 3 is 2.40 bits per heavy atom. The second-order valence-corrected chi connectivity index (χ2v) is 5.10. The van der Waals surface area contributed by atoms with E-state index in [-0.39, 0.29) is 16.8 Å². The first-order chi connectivity index (χ1) is 7.06. The Bertz CT molecular complexity index is 391. The van der Waals surface area contributed by atoms with Crippen LogP contribution in [0.3, 0.4) is 0 Å². The molecule has 84 valence electrons. The van der Waals surface area contributed by atoms with Crippen molar-refractivity contribution >= 4 is 10.0 Å². The third kappa shape index (κ3) is 3.60. The summed E-state index contributed by atoms with van der Waals surface area (Å²) in [6.45, 7) is 1.64. The number of halogens is 1. The highest BCUT2D eigenvalue weighted by Crippen LogP contribution is 2.11. The topological polar surface area (TPSA) is 37.4 Å². The number of benzene rings is 1. The molecule has 15 heavy (non-hydrogen) atoms. The van der Waals surface area contributed by atoms with Gasteiger partial charge in [0.15, 0.2) is 0 Å². The van der Waals surface area contributed by atoms with Gasteiger partial charge in [-0.05, 0) is 16.5 Å².